The van der Waals surface area contributed by atoms with Crippen LogP contribution in [-0.2, 0) is 19.5 Å². The molecule has 0 radical (unpaired) electrons. The molecule has 3 aromatic rings. The number of hydrogen-bond donors (Lipinski definition) is 0. The van der Waals surface area contributed by atoms with Gasteiger partial charge in [0, 0.05) is 37.6 Å². The number of aromatic nitrogens is 1. The lowest BCUT2D eigenvalue weighted by Crippen LogP contribution is -2.30. The number of nitrogens with zero attached hydrogens (tertiary/aromatic N) is 2. The predicted octanol–water partition coefficient (Wildman–Crippen LogP) is 5.06. The van der Waals surface area contributed by atoms with Crippen molar-refractivity contribution < 1.29 is 9.47 Å². The minimum Gasteiger partial charge on any atom is -0.497 e. The number of hydrogen-bond acceptors (Lipinski definition) is 3. The van der Waals surface area contributed by atoms with Gasteiger partial charge in [-0.05, 0) is 53.8 Å². The molecule has 0 saturated carbocycles. The van der Waals surface area contributed by atoms with Crippen LogP contribution in [0.1, 0.15) is 41.8 Å². The third-order valence-corrected chi connectivity index (χ3v) is 5.88. The SMILES string of the molecule is CCc1ccccc1[C@@H]1c2cccn2CCCN1Cc1cc(OC)cc(OC)c1. The van der Waals surface area contributed by atoms with E-state index in [1.165, 1.54) is 22.4 Å². The van der Waals surface area contributed by atoms with Crippen LogP contribution in [0.4, 0.5) is 0 Å². The van der Waals surface area contributed by atoms with Crippen molar-refractivity contribution in [1.29, 1.82) is 0 Å². The van der Waals surface area contributed by atoms with Gasteiger partial charge in [-0.25, -0.2) is 0 Å². The van der Waals surface area contributed by atoms with Crippen molar-refractivity contribution in [3.05, 3.63) is 83.2 Å². The first-order valence-corrected chi connectivity index (χ1v) is 10.4. The highest BCUT2D eigenvalue weighted by Gasteiger charge is 2.28. The lowest BCUT2D eigenvalue weighted by molar-refractivity contribution is 0.219. The van der Waals surface area contributed by atoms with Crippen LogP contribution < -0.4 is 9.47 Å². The van der Waals surface area contributed by atoms with Gasteiger partial charge in [0.15, 0.2) is 0 Å². The van der Waals surface area contributed by atoms with Crippen LogP contribution in [0.15, 0.2) is 60.8 Å². The van der Waals surface area contributed by atoms with Gasteiger partial charge in [0.25, 0.3) is 0 Å². The Kier molecular flexibility index (Phi) is 5.91. The molecule has 0 saturated heterocycles. The van der Waals surface area contributed by atoms with E-state index in [1.54, 1.807) is 14.2 Å². The minimum atomic E-state index is 0.237. The summed E-state index contributed by atoms with van der Waals surface area (Å²) in [5.41, 5.74) is 5.41. The molecule has 0 unspecified atom stereocenters. The number of rotatable bonds is 6. The van der Waals surface area contributed by atoms with E-state index in [0.29, 0.717) is 0 Å². The Morgan fingerprint density at radius 3 is 2.41 bits per heavy atom. The van der Waals surface area contributed by atoms with Crippen molar-refractivity contribution in [2.24, 2.45) is 0 Å². The standard InChI is InChI=1S/C25H30N2O2/c1-4-20-9-5-6-10-23(20)25-24-11-7-12-26(24)13-8-14-27(25)18-19-15-21(28-2)17-22(16-19)29-3/h5-7,9-12,15-17,25H,4,8,13-14,18H2,1-3H3/t25-/m1/s1. The largest absolute Gasteiger partial charge is 0.497 e. The van der Waals surface area contributed by atoms with Crippen LogP contribution in [-0.4, -0.2) is 30.2 Å². The zero-order chi connectivity index (χ0) is 20.2. The molecule has 4 heteroatoms. The summed E-state index contributed by atoms with van der Waals surface area (Å²) in [7, 11) is 3.41. The van der Waals surface area contributed by atoms with E-state index < -0.39 is 0 Å². The minimum absolute atomic E-state index is 0.237. The highest BCUT2D eigenvalue weighted by atomic mass is 16.5. The highest BCUT2D eigenvalue weighted by Crippen LogP contribution is 2.35. The summed E-state index contributed by atoms with van der Waals surface area (Å²) in [6.07, 6.45) is 4.39. The van der Waals surface area contributed by atoms with E-state index in [2.05, 4.69) is 71.1 Å². The Morgan fingerprint density at radius 2 is 1.69 bits per heavy atom. The fraction of sp³-hybridized carbons (Fsp3) is 0.360. The summed E-state index contributed by atoms with van der Waals surface area (Å²) in [5, 5.41) is 0. The van der Waals surface area contributed by atoms with Gasteiger partial charge in [-0.1, -0.05) is 31.2 Å². The first kappa shape index (κ1) is 19.6. The molecular formula is C25H30N2O2. The zero-order valence-corrected chi connectivity index (χ0v) is 17.6. The third-order valence-electron chi connectivity index (χ3n) is 5.88. The summed E-state index contributed by atoms with van der Waals surface area (Å²) in [5.74, 6) is 1.67. The number of methoxy groups -OCH3 is 2. The molecule has 2 aromatic carbocycles. The molecule has 1 atom stereocenters. The molecule has 4 nitrogen and oxygen atoms in total. The van der Waals surface area contributed by atoms with Crippen molar-refractivity contribution in [2.75, 3.05) is 20.8 Å². The fourth-order valence-corrected chi connectivity index (χ4v) is 4.48. The van der Waals surface area contributed by atoms with Gasteiger partial charge in [0.05, 0.1) is 20.3 Å². The second-order valence-electron chi connectivity index (χ2n) is 7.63. The Balaban J connectivity index is 1.77. The van der Waals surface area contributed by atoms with E-state index in [1.807, 2.05) is 6.07 Å². The smallest absolute Gasteiger partial charge is 0.122 e. The first-order chi connectivity index (χ1) is 14.2. The van der Waals surface area contributed by atoms with E-state index in [9.17, 15) is 0 Å². The van der Waals surface area contributed by atoms with Gasteiger partial charge in [-0.3, -0.25) is 4.90 Å². The molecular weight excluding hydrogens is 360 g/mol. The van der Waals surface area contributed by atoms with E-state index in [0.717, 1.165) is 44.0 Å². The molecule has 1 aliphatic rings. The van der Waals surface area contributed by atoms with Crippen LogP contribution in [0.3, 0.4) is 0 Å². The monoisotopic (exact) mass is 390 g/mol. The second-order valence-corrected chi connectivity index (χ2v) is 7.63. The molecule has 0 spiro atoms. The average molecular weight is 391 g/mol. The average Bonchev–Trinajstić information content (AvgIpc) is 3.15. The maximum absolute atomic E-state index is 5.50. The van der Waals surface area contributed by atoms with Crippen LogP contribution in [0.2, 0.25) is 0 Å². The molecule has 2 heterocycles. The van der Waals surface area contributed by atoms with Crippen LogP contribution in [0.25, 0.3) is 0 Å². The number of ether oxygens (including phenoxy) is 2. The summed E-state index contributed by atoms with van der Waals surface area (Å²) in [4.78, 5) is 2.60. The molecule has 0 aliphatic carbocycles. The summed E-state index contributed by atoms with van der Waals surface area (Å²) in [6.45, 7) is 5.20. The number of aryl methyl sites for hydroxylation is 2. The molecule has 0 bridgehead atoms. The third kappa shape index (κ3) is 4.03. The Labute approximate surface area is 173 Å². The molecule has 0 amide bonds. The molecule has 0 fully saturated rings. The van der Waals surface area contributed by atoms with Crippen molar-refractivity contribution in [1.82, 2.24) is 9.47 Å². The summed E-state index contributed by atoms with van der Waals surface area (Å²) in [6, 6.07) is 19.7. The molecule has 29 heavy (non-hydrogen) atoms. The maximum Gasteiger partial charge on any atom is 0.122 e. The van der Waals surface area contributed by atoms with Crippen LogP contribution in [0, 0.1) is 0 Å². The number of fused-ring (bicyclic) bond motifs is 1. The van der Waals surface area contributed by atoms with Crippen molar-refractivity contribution in [3.63, 3.8) is 0 Å². The summed E-state index contributed by atoms with van der Waals surface area (Å²) >= 11 is 0. The Morgan fingerprint density at radius 1 is 0.931 bits per heavy atom. The molecule has 0 N–H and O–H groups in total. The lowest BCUT2D eigenvalue weighted by Gasteiger charge is -2.32. The van der Waals surface area contributed by atoms with Gasteiger partial charge in [-0.2, -0.15) is 0 Å². The van der Waals surface area contributed by atoms with E-state index >= 15 is 0 Å². The van der Waals surface area contributed by atoms with Crippen LogP contribution >= 0.6 is 0 Å². The zero-order valence-electron chi connectivity index (χ0n) is 17.6. The number of benzene rings is 2. The Bertz CT molecular complexity index is 941. The maximum atomic E-state index is 5.50. The highest BCUT2D eigenvalue weighted by molar-refractivity contribution is 5.40. The van der Waals surface area contributed by atoms with Crippen molar-refractivity contribution >= 4 is 0 Å². The van der Waals surface area contributed by atoms with Crippen molar-refractivity contribution in [2.45, 2.75) is 38.9 Å². The van der Waals surface area contributed by atoms with Gasteiger partial charge in [-0.15, -0.1) is 0 Å². The van der Waals surface area contributed by atoms with Gasteiger partial charge in [0.1, 0.15) is 11.5 Å². The second kappa shape index (κ2) is 8.75. The quantitative estimate of drug-likeness (QED) is 0.588. The van der Waals surface area contributed by atoms with Gasteiger partial charge in [0.2, 0.25) is 0 Å². The van der Waals surface area contributed by atoms with Gasteiger partial charge < -0.3 is 14.0 Å². The van der Waals surface area contributed by atoms with Crippen molar-refractivity contribution in [3.8, 4) is 11.5 Å². The van der Waals surface area contributed by atoms with E-state index in [-0.39, 0.29) is 6.04 Å². The molecule has 1 aliphatic heterocycles. The first-order valence-electron chi connectivity index (χ1n) is 10.4. The predicted molar refractivity (Wildman–Crippen MR) is 117 cm³/mol. The fourth-order valence-electron chi connectivity index (χ4n) is 4.48. The normalized spacial score (nSPS) is 16.9. The summed E-state index contributed by atoms with van der Waals surface area (Å²) < 4.78 is 13.4. The topological polar surface area (TPSA) is 26.6 Å². The molecule has 4 rings (SSSR count). The Hall–Kier alpha value is -2.72. The lowest BCUT2D eigenvalue weighted by atomic mass is 9.94. The van der Waals surface area contributed by atoms with E-state index in [4.69, 9.17) is 9.47 Å². The van der Waals surface area contributed by atoms with Gasteiger partial charge >= 0.3 is 0 Å². The molecule has 152 valence electrons. The molecule has 1 aromatic heterocycles. The van der Waals surface area contributed by atoms with Crippen LogP contribution in [0.5, 0.6) is 11.5 Å².